The van der Waals surface area contributed by atoms with Crippen LogP contribution in [-0.4, -0.2) is 11.7 Å². The third-order valence-electron chi connectivity index (χ3n) is 4.50. The molecule has 4 rings (SSSR count). The van der Waals surface area contributed by atoms with Crippen LogP contribution in [0.4, 0.5) is 0 Å². The number of rotatable bonds is 1. The summed E-state index contributed by atoms with van der Waals surface area (Å²) in [6.07, 6.45) is 8.48. The highest BCUT2D eigenvalue weighted by atomic mass is 16.3. The van der Waals surface area contributed by atoms with Crippen LogP contribution >= 0.6 is 0 Å². The molecule has 4 bridgehead atoms. The molecule has 0 aromatic carbocycles. The molecule has 0 amide bonds. The fraction of sp³-hybridized carbons (Fsp3) is 1.00. The predicted molar refractivity (Wildman–Crippen MR) is 47.7 cm³/mol. The highest BCUT2D eigenvalue weighted by molar-refractivity contribution is 5.00. The fourth-order valence-electron chi connectivity index (χ4n) is 4.48. The van der Waals surface area contributed by atoms with Crippen LogP contribution in [0.1, 0.15) is 38.5 Å². The minimum absolute atomic E-state index is 0.398. The molecule has 12 heavy (non-hydrogen) atoms. The topological polar surface area (TPSA) is 20.2 Å². The molecule has 4 fully saturated rings. The molecule has 1 heteroatoms. The quantitative estimate of drug-likeness (QED) is 0.633. The summed E-state index contributed by atoms with van der Waals surface area (Å²) in [5.41, 5.74) is 0.398. The molecule has 0 unspecified atom stereocenters. The summed E-state index contributed by atoms with van der Waals surface area (Å²) >= 11 is 0. The maximum absolute atomic E-state index is 9.43. The van der Waals surface area contributed by atoms with Crippen molar-refractivity contribution in [2.45, 2.75) is 38.5 Å². The number of aliphatic hydroxyl groups is 1. The van der Waals surface area contributed by atoms with Gasteiger partial charge in [-0.1, -0.05) is 0 Å². The van der Waals surface area contributed by atoms with Gasteiger partial charge in [0.25, 0.3) is 0 Å². The van der Waals surface area contributed by atoms with E-state index in [1.54, 1.807) is 0 Å². The summed E-state index contributed by atoms with van der Waals surface area (Å²) in [5, 5.41) is 9.43. The summed E-state index contributed by atoms with van der Waals surface area (Å²) in [4.78, 5) is 0. The third-order valence-corrected chi connectivity index (χ3v) is 4.50. The zero-order chi connectivity index (χ0) is 8.18. The van der Waals surface area contributed by atoms with Gasteiger partial charge in [0.05, 0.1) is 0 Å². The summed E-state index contributed by atoms with van der Waals surface area (Å²) in [7, 11) is 0. The van der Waals surface area contributed by atoms with Crippen molar-refractivity contribution in [3.8, 4) is 0 Å². The smallest absolute Gasteiger partial charge is 0.0487 e. The Kier molecular flexibility index (Phi) is 1.39. The van der Waals surface area contributed by atoms with Gasteiger partial charge in [0.15, 0.2) is 0 Å². The normalized spacial score (nSPS) is 56.2. The van der Waals surface area contributed by atoms with Gasteiger partial charge in [-0.3, -0.25) is 0 Å². The van der Waals surface area contributed by atoms with Crippen LogP contribution in [0.2, 0.25) is 0 Å². The van der Waals surface area contributed by atoms with E-state index in [4.69, 9.17) is 0 Å². The monoisotopic (exact) mass is 166 g/mol. The van der Waals surface area contributed by atoms with E-state index in [0.29, 0.717) is 12.0 Å². The van der Waals surface area contributed by atoms with Crippen LogP contribution in [-0.2, 0) is 0 Å². The minimum Gasteiger partial charge on any atom is -0.396 e. The van der Waals surface area contributed by atoms with E-state index in [2.05, 4.69) is 0 Å². The predicted octanol–water partition coefficient (Wildman–Crippen LogP) is 2.20. The van der Waals surface area contributed by atoms with Gasteiger partial charge in [-0.05, 0) is 61.7 Å². The zero-order valence-electron chi connectivity index (χ0n) is 7.63. The molecule has 1 nitrogen and oxygen atoms in total. The maximum atomic E-state index is 9.43. The van der Waals surface area contributed by atoms with Crippen molar-refractivity contribution >= 4 is 0 Å². The number of hydrogen-bond acceptors (Lipinski definition) is 1. The van der Waals surface area contributed by atoms with Crippen molar-refractivity contribution in [1.82, 2.24) is 0 Å². The highest BCUT2D eigenvalue weighted by Crippen LogP contribution is 2.59. The Labute approximate surface area is 74.2 Å². The van der Waals surface area contributed by atoms with E-state index in [9.17, 15) is 5.11 Å². The van der Waals surface area contributed by atoms with Crippen LogP contribution in [0.5, 0.6) is 0 Å². The largest absolute Gasteiger partial charge is 0.396 e. The van der Waals surface area contributed by atoms with Gasteiger partial charge in [0, 0.05) is 6.61 Å². The van der Waals surface area contributed by atoms with Gasteiger partial charge < -0.3 is 5.11 Å². The van der Waals surface area contributed by atoms with E-state index in [0.717, 1.165) is 17.8 Å². The minimum atomic E-state index is 0.398. The van der Waals surface area contributed by atoms with Crippen LogP contribution in [0.3, 0.4) is 0 Å². The second-order valence-electron chi connectivity index (χ2n) is 5.58. The Morgan fingerprint density at radius 3 is 1.67 bits per heavy atom. The lowest BCUT2D eigenvalue weighted by Gasteiger charge is -2.56. The van der Waals surface area contributed by atoms with E-state index in [-0.39, 0.29) is 0 Å². The first kappa shape index (κ1) is 7.37. The van der Waals surface area contributed by atoms with Crippen LogP contribution < -0.4 is 0 Å². The number of aliphatic hydroxyl groups excluding tert-OH is 1. The van der Waals surface area contributed by atoms with E-state index in [1.807, 2.05) is 0 Å². The van der Waals surface area contributed by atoms with Crippen LogP contribution in [0.15, 0.2) is 0 Å². The zero-order valence-corrected chi connectivity index (χ0v) is 7.63. The van der Waals surface area contributed by atoms with Crippen molar-refractivity contribution in [3.63, 3.8) is 0 Å². The average molecular weight is 166 g/mol. The fourth-order valence-corrected chi connectivity index (χ4v) is 4.48. The molecule has 0 heterocycles. The van der Waals surface area contributed by atoms with E-state index < -0.39 is 0 Å². The van der Waals surface area contributed by atoms with Crippen LogP contribution in [0, 0.1) is 23.2 Å². The van der Waals surface area contributed by atoms with E-state index in [1.165, 1.54) is 38.5 Å². The molecule has 0 saturated heterocycles. The number of hydrogen-bond donors (Lipinski definition) is 1. The first-order chi connectivity index (χ1) is 5.80. The van der Waals surface area contributed by atoms with Gasteiger partial charge in [0.2, 0.25) is 0 Å². The average Bonchev–Trinajstić information content (AvgIpc) is 2.02. The molecular weight excluding hydrogens is 148 g/mol. The van der Waals surface area contributed by atoms with Crippen molar-refractivity contribution in [3.05, 3.63) is 0 Å². The van der Waals surface area contributed by atoms with Gasteiger partial charge >= 0.3 is 0 Å². The summed E-state index contributed by atoms with van der Waals surface area (Å²) < 4.78 is 0. The molecule has 0 radical (unpaired) electrons. The molecule has 1 N–H and O–H groups in total. The Bertz CT molecular complexity index is 162. The first-order valence-electron chi connectivity index (χ1n) is 5.40. The second-order valence-corrected chi connectivity index (χ2v) is 5.58. The molecular formula is C11H18O. The second kappa shape index (κ2) is 2.25. The molecule has 0 aromatic rings. The molecule has 4 aliphatic carbocycles. The Hall–Kier alpha value is -0.0400. The van der Waals surface area contributed by atoms with Gasteiger partial charge in [0.1, 0.15) is 0 Å². The summed E-state index contributed by atoms with van der Waals surface area (Å²) in [5.74, 6) is 2.97. The van der Waals surface area contributed by atoms with Crippen LogP contribution in [0.25, 0.3) is 0 Å². The molecule has 0 atom stereocenters. The molecule has 0 spiro atoms. The third kappa shape index (κ3) is 0.891. The Morgan fingerprint density at radius 2 is 1.33 bits per heavy atom. The van der Waals surface area contributed by atoms with Gasteiger partial charge in [-0.2, -0.15) is 0 Å². The maximum Gasteiger partial charge on any atom is 0.0487 e. The van der Waals surface area contributed by atoms with Crippen molar-refractivity contribution in [1.29, 1.82) is 0 Å². The first-order valence-corrected chi connectivity index (χ1v) is 5.40. The Morgan fingerprint density at radius 1 is 0.917 bits per heavy atom. The lowest BCUT2D eigenvalue weighted by atomic mass is 9.50. The summed E-state index contributed by atoms with van der Waals surface area (Å²) in [6.45, 7) is 0.469. The standard InChI is InChI=1S/C11H18O/c12-7-11-4-8-1-9(5-11)3-10(2-8)6-11/h8-10,12H,1-7H2/t8-,9+,10-,11?. The van der Waals surface area contributed by atoms with E-state index >= 15 is 0 Å². The lowest BCUT2D eigenvalue weighted by molar-refractivity contribution is -0.0798. The van der Waals surface area contributed by atoms with Gasteiger partial charge in [-0.25, -0.2) is 0 Å². The van der Waals surface area contributed by atoms with Crippen molar-refractivity contribution < 1.29 is 5.11 Å². The molecule has 0 aromatic heterocycles. The SMILES string of the molecule is OCC12C[C@H]3C[C@@H](C1)C[C@@H](C2)C3. The molecule has 0 aliphatic heterocycles. The molecule has 4 saturated carbocycles. The summed E-state index contributed by atoms with van der Waals surface area (Å²) in [6, 6.07) is 0. The molecule has 68 valence electrons. The Balaban J connectivity index is 1.90. The van der Waals surface area contributed by atoms with Gasteiger partial charge in [-0.15, -0.1) is 0 Å². The highest BCUT2D eigenvalue weighted by Gasteiger charge is 2.50. The van der Waals surface area contributed by atoms with Crippen molar-refractivity contribution in [2.24, 2.45) is 23.2 Å². The molecule has 4 aliphatic rings. The lowest BCUT2D eigenvalue weighted by Crippen LogP contribution is -2.47. The van der Waals surface area contributed by atoms with Crippen molar-refractivity contribution in [2.75, 3.05) is 6.61 Å².